The van der Waals surface area contributed by atoms with Gasteiger partial charge in [0.15, 0.2) is 0 Å². The van der Waals surface area contributed by atoms with Crippen LogP contribution in [0.4, 0.5) is 5.69 Å². The zero-order valence-corrected chi connectivity index (χ0v) is 25.0. The Balaban J connectivity index is 2.12. The Bertz CT molecular complexity index is 1440. The summed E-state index contributed by atoms with van der Waals surface area (Å²) in [4.78, 5) is 28.2. The van der Waals surface area contributed by atoms with Crippen LogP contribution in [0.3, 0.4) is 0 Å². The number of hydrogen-bond donors (Lipinski definition) is 1. The summed E-state index contributed by atoms with van der Waals surface area (Å²) < 4.78 is 28.9. The Morgan fingerprint density at radius 3 is 2.08 bits per heavy atom. The number of aryl methyl sites for hydroxylation is 3. The molecular formula is C29H33Cl2N3O4S. The van der Waals surface area contributed by atoms with Crippen LogP contribution >= 0.6 is 23.2 Å². The first-order valence-electron chi connectivity index (χ1n) is 12.5. The molecule has 3 aromatic rings. The summed E-state index contributed by atoms with van der Waals surface area (Å²) >= 11 is 12.8. The Hall–Kier alpha value is -3.07. The number of nitrogens with one attached hydrogen (secondary N) is 1. The van der Waals surface area contributed by atoms with Gasteiger partial charge < -0.3 is 10.2 Å². The van der Waals surface area contributed by atoms with Gasteiger partial charge >= 0.3 is 0 Å². The molecular weight excluding hydrogens is 557 g/mol. The predicted octanol–water partition coefficient (Wildman–Crippen LogP) is 5.67. The molecule has 2 amide bonds. The second-order valence-corrected chi connectivity index (χ2v) is 12.0. The van der Waals surface area contributed by atoms with Gasteiger partial charge in [-0.05, 0) is 74.7 Å². The zero-order valence-electron chi connectivity index (χ0n) is 22.7. The molecule has 0 saturated heterocycles. The normalized spacial score (nSPS) is 12.1. The number of rotatable bonds is 10. The van der Waals surface area contributed by atoms with Crippen molar-refractivity contribution >= 4 is 50.7 Å². The number of carbonyl (C=O) groups is 2. The van der Waals surface area contributed by atoms with Gasteiger partial charge in [-0.1, -0.05) is 60.0 Å². The van der Waals surface area contributed by atoms with Crippen molar-refractivity contribution in [2.45, 2.75) is 51.6 Å². The van der Waals surface area contributed by atoms with Crippen LogP contribution in [0.5, 0.6) is 0 Å². The molecule has 0 aliphatic rings. The number of halogens is 2. The van der Waals surface area contributed by atoms with Crippen molar-refractivity contribution in [1.29, 1.82) is 0 Å². The number of nitrogens with zero attached hydrogens (tertiary/aromatic N) is 2. The summed E-state index contributed by atoms with van der Waals surface area (Å²) in [5.74, 6) is -0.955. The molecule has 0 spiro atoms. The third kappa shape index (κ3) is 6.93. The number of hydrogen-bond acceptors (Lipinski definition) is 4. The highest BCUT2D eigenvalue weighted by Gasteiger charge is 2.34. The number of benzene rings is 3. The van der Waals surface area contributed by atoms with Gasteiger partial charge in [-0.25, -0.2) is 8.42 Å². The summed E-state index contributed by atoms with van der Waals surface area (Å²) in [6.45, 7) is 6.83. The third-order valence-corrected chi connectivity index (χ3v) is 9.19. The van der Waals surface area contributed by atoms with E-state index in [0.717, 1.165) is 21.0 Å². The quantitative estimate of drug-likeness (QED) is 0.330. The molecule has 39 heavy (non-hydrogen) atoms. The van der Waals surface area contributed by atoms with E-state index in [2.05, 4.69) is 5.32 Å². The van der Waals surface area contributed by atoms with Crippen molar-refractivity contribution in [2.75, 3.05) is 17.9 Å². The Morgan fingerprint density at radius 1 is 0.923 bits per heavy atom. The topological polar surface area (TPSA) is 86.8 Å². The minimum absolute atomic E-state index is 0.0539. The molecule has 3 aromatic carbocycles. The Morgan fingerprint density at radius 2 is 1.54 bits per heavy atom. The fraction of sp³-hybridized carbons (Fsp3) is 0.310. The largest absolute Gasteiger partial charge is 0.357 e. The van der Waals surface area contributed by atoms with Crippen LogP contribution in [0, 0.1) is 20.8 Å². The van der Waals surface area contributed by atoms with Gasteiger partial charge in [0.2, 0.25) is 11.8 Å². The third-order valence-electron chi connectivity index (χ3n) is 6.69. The number of sulfonamides is 1. The van der Waals surface area contributed by atoms with E-state index in [0.29, 0.717) is 27.7 Å². The molecule has 3 rings (SSSR count). The lowest BCUT2D eigenvalue weighted by atomic mass is 10.1. The predicted molar refractivity (Wildman–Crippen MR) is 157 cm³/mol. The molecule has 0 heterocycles. The maximum absolute atomic E-state index is 14.0. The van der Waals surface area contributed by atoms with Gasteiger partial charge in [-0.3, -0.25) is 13.9 Å². The van der Waals surface area contributed by atoms with E-state index in [4.69, 9.17) is 23.2 Å². The van der Waals surface area contributed by atoms with E-state index < -0.39 is 28.5 Å². The molecule has 10 heteroatoms. The lowest BCUT2D eigenvalue weighted by Gasteiger charge is -2.33. The summed E-state index contributed by atoms with van der Waals surface area (Å²) in [5.41, 5.74) is 3.58. The lowest BCUT2D eigenvalue weighted by molar-refractivity contribution is -0.140. The first-order valence-corrected chi connectivity index (χ1v) is 14.7. The fourth-order valence-corrected chi connectivity index (χ4v) is 6.11. The minimum atomic E-state index is -4.14. The van der Waals surface area contributed by atoms with Crippen molar-refractivity contribution in [3.63, 3.8) is 0 Å². The molecule has 1 N–H and O–H groups in total. The maximum Gasteiger partial charge on any atom is 0.264 e. The fourth-order valence-electron chi connectivity index (χ4n) is 4.19. The smallest absolute Gasteiger partial charge is 0.264 e. The highest BCUT2D eigenvalue weighted by molar-refractivity contribution is 7.92. The molecule has 0 bridgehead atoms. The summed E-state index contributed by atoms with van der Waals surface area (Å²) in [6, 6.07) is 15.8. The van der Waals surface area contributed by atoms with Crippen molar-refractivity contribution in [2.24, 2.45) is 0 Å². The molecule has 0 aromatic heterocycles. The van der Waals surface area contributed by atoms with E-state index in [1.54, 1.807) is 49.4 Å². The number of likely N-dealkylation sites (N-methyl/N-ethyl adjacent to an activating group) is 1. The van der Waals surface area contributed by atoms with Crippen LogP contribution in [-0.4, -0.2) is 44.8 Å². The van der Waals surface area contributed by atoms with Gasteiger partial charge in [0.1, 0.15) is 12.6 Å². The van der Waals surface area contributed by atoms with Gasteiger partial charge in [0, 0.05) is 29.2 Å². The molecule has 0 aliphatic carbocycles. The number of carbonyl (C=O) groups excluding carboxylic acids is 2. The van der Waals surface area contributed by atoms with E-state index in [9.17, 15) is 18.0 Å². The van der Waals surface area contributed by atoms with Gasteiger partial charge in [-0.2, -0.15) is 0 Å². The van der Waals surface area contributed by atoms with Crippen LogP contribution in [0.2, 0.25) is 10.0 Å². The summed E-state index contributed by atoms with van der Waals surface area (Å²) in [7, 11) is -2.66. The second kappa shape index (κ2) is 12.9. The first kappa shape index (κ1) is 30.5. The van der Waals surface area contributed by atoms with Crippen LogP contribution in [0.25, 0.3) is 0 Å². The van der Waals surface area contributed by atoms with Gasteiger partial charge in [-0.15, -0.1) is 0 Å². The highest BCUT2D eigenvalue weighted by atomic mass is 35.5. The SMILES string of the molecule is CCC(C(=O)NC)N(Cc1c(Cl)cccc1Cl)C(=O)CN(c1ccc(C)c(C)c1)S(=O)(=O)c1ccc(C)cc1. The molecule has 7 nitrogen and oxygen atoms in total. The molecule has 208 valence electrons. The highest BCUT2D eigenvalue weighted by Crippen LogP contribution is 2.29. The van der Waals surface area contributed by atoms with Gasteiger partial charge in [0.25, 0.3) is 10.0 Å². The Kier molecular flexibility index (Phi) is 10.0. The van der Waals surface area contributed by atoms with Crippen LogP contribution < -0.4 is 9.62 Å². The van der Waals surface area contributed by atoms with E-state index in [1.165, 1.54) is 24.1 Å². The molecule has 0 aliphatic heterocycles. The molecule has 0 fully saturated rings. The van der Waals surface area contributed by atoms with Crippen molar-refractivity contribution in [3.8, 4) is 0 Å². The molecule has 1 atom stereocenters. The summed E-state index contributed by atoms with van der Waals surface area (Å²) in [6.07, 6.45) is 0.293. The van der Waals surface area contributed by atoms with E-state index in [-0.39, 0.29) is 17.3 Å². The minimum Gasteiger partial charge on any atom is -0.357 e. The number of amides is 2. The van der Waals surface area contributed by atoms with Crippen LogP contribution in [0.15, 0.2) is 65.6 Å². The average Bonchev–Trinajstić information content (AvgIpc) is 2.90. The van der Waals surface area contributed by atoms with Crippen molar-refractivity contribution in [3.05, 3.63) is 93.0 Å². The molecule has 1 unspecified atom stereocenters. The van der Waals surface area contributed by atoms with Crippen LogP contribution in [-0.2, 0) is 26.2 Å². The van der Waals surface area contributed by atoms with E-state index >= 15 is 0 Å². The molecule has 0 radical (unpaired) electrons. The monoisotopic (exact) mass is 589 g/mol. The standard InChI is InChI=1S/C29H33Cl2N3O4S/c1-6-27(29(36)32-5)33(17-24-25(30)8-7-9-26(24)31)28(35)18-34(22-13-12-20(3)21(4)16-22)39(37,38)23-14-10-19(2)11-15-23/h7-16,27H,6,17-18H2,1-5H3,(H,32,36). The van der Waals surface area contributed by atoms with Crippen molar-refractivity contribution in [1.82, 2.24) is 10.2 Å². The van der Waals surface area contributed by atoms with Crippen LogP contribution in [0.1, 0.15) is 35.6 Å². The number of anilines is 1. The summed E-state index contributed by atoms with van der Waals surface area (Å²) in [5, 5.41) is 3.27. The average molecular weight is 591 g/mol. The second-order valence-electron chi connectivity index (χ2n) is 9.35. The lowest BCUT2D eigenvalue weighted by Crippen LogP contribution is -2.51. The Labute approximate surface area is 240 Å². The van der Waals surface area contributed by atoms with Gasteiger partial charge in [0.05, 0.1) is 10.6 Å². The molecule has 0 saturated carbocycles. The zero-order chi connectivity index (χ0) is 28.9. The first-order chi connectivity index (χ1) is 18.4. The van der Waals surface area contributed by atoms with Crippen molar-refractivity contribution < 1.29 is 18.0 Å². The maximum atomic E-state index is 14.0. The van der Waals surface area contributed by atoms with E-state index in [1.807, 2.05) is 26.8 Å².